The molecule has 0 atom stereocenters. The van der Waals surface area contributed by atoms with Crippen molar-refractivity contribution in [3.63, 3.8) is 0 Å². The van der Waals surface area contributed by atoms with Crippen LogP contribution in [0.3, 0.4) is 0 Å². The highest BCUT2D eigenvalue weighted by atomic mass is 32.2. The van der Waals surface area contributed by atoms with Crippen LogP contribution in [-0.4, -0.2) is 37.5 Å². The van der Waals surface area contributed by atoms with Crippen molar-refractivity contribution in [1.29, 1.82) is 10.5 Å². The molecule has 1 aromatic heterocycles. The Balaban J connectivity index is 2.07. The molecule has 0 radical (unpaired) electrons. The van der Waals surface area contributed by atoms with Crippen LogP contribution in [0.1, 0.15) is 23.4 Å². The second-order valence-corrected chi connectivity index (χ2v) is 7.96. The predicted molar refractivity (Wildman–Crippen MR) is 98.8 cm³/mol. The first kappa shape index (κ1) is 21.1. The van der Waals surface area contributed by atoms with Gasteiger partial charge in [-0.05, 0) is 30.5 Å². The Labute approximate surface area is 168 Å². The van der Waals surface area contributed by atoms with Crippen LogP contribution in [0.25, 0.3) is 0 Å². The molecular formula is C16H13F3N8O2S. The number of benzene rings is 1. The zero-order valence-electron chi connectivity index (χ0n) is 15.3. The molecule has 10 nitrogen and oxygen atoms in total. The van der Waals surface area contributed by atoms with Crippen LogP contribution >= 0.6 is 0 Å². The van der Waals surface area contributed by atoms with E-state index in [1.165, 1.54) is 16.9 Å². The number of hydrogen-bond donors (Lipinski definition) is 2. The molecule has 0 amide bonds. The SMILES string of the molecule is CN1CCCc2cc(N=Nc3nc(C#N)c(C#N)[nH]3)c(NS(=O)(=O)C(F)(F)F)cc21. The molecule has 2 aromatic rings. The van der Waals surface area contributed by atoms with Crippen molar-refractivity contribution in [3.05, 3.63) is 29.1 Å². The van der Waals surface area contributed by atoms with Crippen LogP contribution in [0.4, 0.5) is 36.2 Å². The number of rotatable bonds is 4. The largest absolute Gasteiger partial charge is 0.516 e. The van der Waals surface area contributed by atoms with Crippen molar-refractivity contribution in [2.24, 2.45) is 10.2 Å². The summed E-state index contributed by atoms with van der Waals surface area (Å²) >= 11 is 0. The van der Waals surface area contributed by atoms with Gasteiger partial charge in [0.25, 0.3) is 0 Å². The zero-order chi connectivity index (χ0) is 22.1. The summed E-state index contributed by atoms with van der Waals surface area (Å²) < 4.78 is 63.3. The van der Waals surface area contributed by atoms with Gasteiger partial charge in [-0.15, -0.1) is 10.2 Å². The molecule has 0 bridgehead atoms. The first-order valence-electron chi connectivity index (χ1n) is 8.35. The van der Waals surface area contributed by atoms with Crippen LogP contribution in [0.5, 0.6) is 0 Å². The molecule has 1 aliphatic heterocycles. The summed E-state index contributed by atoms with van der Waals surface area (Å²) in [6.07, 6.45) is 1.41. The van der Waals surface area contributed by atoms with Gasteiger partial charge in [-0.1, -0.05) is 0 Å². The first-order valence-corrected chi connectivity index (χ1v) is 9.83. The van der Waals surface area contributed by atoms with E-state index < -0.39 is 21.2 Å². The summed E-state index contributed by atoms with van der Waals surface area (Å²) in [6, 6.07) is 6.08. The van der Waals surface area contributed by atoms with E-state index in [9.17, 15) is 21.6 Å². The minimum absolute atomic E-state index is 0.156. The first-order chi connectivity index (χ1) is 14.1. The van der Waals surface area contributed by atoms with Crippen molar-refractivity contribution in [2.75, 3.05) is 23.2 Å². The van der Waals surface area contributed by atoms with Gasteiger partial charge in [-0.2, -0.15) is 37.1 Å². The van der Waals surface area contributed by atoms with Crippen molar-refractivity contribution < 1.29 is 21.6 Å². The lowest BCUT2D eigenvalue weighted by Crippen LogP contribution is -2.30. The Bertz CT molecular complexity index is 1170. The Hall–Kier alpha value is -3.65. The van der Waals surface area contributed by atoms with Crippen molar-refractivity contribution >= 4 is 33.0 Å². The van der Waals surface area contributed by atoms with E-state index >= 15 is 0 Å². The minimum atomic E-state index is -5.69. The highest BCUT2D eigenvalue weighted by Crippen LogP contribution is 2.38. The van der Waals surface area contributed by atoms with E-state index in [0.29, 0.717) is 18.7 Å². The summed E-state index contributed by atoms with van der Waals surface area (Å²) in [5.41, 5.74) is -5.18. The van der Waals surface area contributed by atoms with Crippen LogP contribution in [-0.2, 0) is 16.4 Å². The number of anilines is 2. The minimum Gasteiger partial charge on any atom is -0.374 e. The number of alkyl halides is 3. The molecular weight excluding hydrogens is 425 g/mol. The van der Waals surface area contributed by atoms with E-state index in [4.69, 9.17) is 10.5 Å². The van der Waals surface area contributed by atoms with Crippen LogP contribution in [0.2, 0.25) is 0 Å². The fourth-order valence-electron chi connectivity index (χ4n) is 2.84. The van der Waals surface area contributed by atoms with Gasteiger partial charge in [0.1, 0.15) is 17.8 Å². The number of fused-ring (bicyclic) bond motifs is 1. The topological polar surface area (TPSA) is 150 Å². The summed E-state index contributed by atoms with van der Waals surface area (Å²) in [6.45, 7) is 0.652. The average Bonchev–Trinajstić information content (AvgIpc) is 3.08. The fourth-order valence-corrected chi connectivity index (χ4v) is 3.41. The second-order valence-electron chi connectivity index (χ2n) is 6.28. The number of aromatic nitrogens is 2. The fraction of sp³-hybridized carbons (Fsp3) is 0.312. The average molecular weight is 438 g/mol. The lowest BCUT2D eigenvalue weighted by atomic mass is 10.0. The molecule has 2 N–H and O–H groups in total. The molecule has 0 unspecified atom stereocenters. The van der Waals surface area contributed by atoms with E-state index in [1.807, 2.05) is 0 Å². The quantitative estimate of drug-likeness (QED) is 0.700. The smallest absolute Gasteiger partial charge is 0.374 e. The van der Waals surface area contributed by atoms with Gasteiger partial charge >= 0.3 is 15.5 Å². The van der Waals surface area contributed by atoms with E-state index in [0.717, 1.165) is 12.0 Å². The summed E-state index contributed by atoms with van der Waals surface area (Å²) in [4.78, 5) is 7.95. The highest BCUT2D eigenvalue weighted by molar-refractivity contribution is 7.93. The lowest BCUT2D eigenvalue weighted by Gasteiger charge is -2.28. The van der Waals surface area contributed by atoms with Crippen molar-refractivity contribution in [3.8, 4) is 12.1 Å². The van der Waals surface area contributed by atoms with Crippen molar-refractivity contribution in [1.82, 2.24) is 9.97 Å². The van der Waals surface area contributed by atoms with E-state index in [-0.39, 0.29) is 23.0 Å². The maximum Gasteiger partial charge on any atom is 0.516 e. The van der Waals surface area contributed by atoms with Gasteiger partial charge in [-0.25, -0.2) is 0 Å². The number of sulfonamides is 1. The third-order valence-electron chi connectivity index (χ3n) is 4.26. The normalized spacial score (nSPS) is 14.3. The molecule has 0 aliphatic carbocycles. The number of aryl methyl sites for hydroxylation is 1. The van der Waals surface area contributed by atoms with Crippen LogP contribution in [0.15, 0.2) is 22.4 Å². The molecule has 1 aliphatic rings. The molecule has 0 spiro atoms. The Morgan fingerprint density at radius 1 is 1.27 bits per heavy atom. The zero-order valence-corrected chi connectivity index (χ0v) is 16.1. The number of nitriles is 2. The summed E-state index contributed by atoms with van der Waals surface area (Å²) in [7, 11) is -3.96. The molecule has 156 valence electrons. The molecule has 14 heteroatoms. The van der Waals surface area contributed by atoms with Gasteiger partial charge in [0.2, 0.25) is 5.95 Å². The molecule has 1 aromatic carbocycles. The van der Waals surface area contributed by atoms with E-state index in [1.54, 1.807) is 24.1 Å². The maximum absolute atomic E-state index is 12.9. The monoisotopic (exact) mass is 438 g/mol. The van der Waals surface area contributed by atoms with Crippen LogP contribution in [0, 0.1) is 22.7 Å². The number of halogens is 3. The number of H-pyrrole nitrogens is 1. The van der Waals surface area contributed by atoms with Gasteiger partial charge < -0.3 is 9.88 Å². The highest BCUT2D eigenvalue weighted by Gasteiger charge is 2.46. The molecule has 30 heavy (non-hydrogen) atoms. The predicted octanol–water partition coefficient (Wildman–Crippen LogP) is 3.21. The van der Waals surface area contributed by atoms with Gasteiger partial charge in [0, 0.05) is 19.3 Å². The Kier molecular flexibility index (Phi) is 5.37. The molecule has 0 saturated heterocycles. The second kappa shape index (κ2) is 7.64. The number of imidazole rings is 1. The standard InChI is InChI=1S/C16H13F3N8O2S/c1-27-4-2-3-9-5-10(24-25-15-22-12(7-20)13(8-21)23-15)11(6-14(9)27)26-30(28,29)16(17,18)19/h5-6,26H,2-4H2,1H3,(H,22,23). The van der Waals surface area contributed by atoms with E-state index in [2.05, 4.69) is 20.2 Å². The number of hydrogen-bond acceptors (Lipinski definition) is 8. The third kappa shape index (κ3) is 4.04. The molecule has 3 rings (SSSR count). The molecule has 0 saturated carbocycles. The maximum atomic E-state index is 12.9. The number of aromatic amines is 1. The number of nitrogens with one attached hydrogen (secondary N) is 2. The number of azo groups is 1. The molecule has 2 heterocycles. The van der Waals surface area contributed by atoms with Gasteiger partial charge in [0.05, 0.1) is 5.69 Å². The van der Waals surface area contributed by atoms with Gasteiger partial charge in [-0.3, -0.25) is 4.72 Å². The molecule has 0 fully saturated rings. The summed E-state index contributed by atoms with van der Waals surface area (Å²) in [5.74, 6) is -0.234. The third-order valence-corrected chi connectivity index (χ3v) is 5.36. The lowest BCUT2D eigenvalue weighted by molar-refractivity contribution is -0.0429. The summed E-state index contributed by atoms with van der Waals surface area (Å²) in [5, 5.41) is 25.3. The van der Waals surface area contributed by atoms with Gasteiger partial charge in [0.15, 0.2) is 11.4 Å². The van der Waals surface area contributed by atoms with Crippen LogP contribution < -0.4 is 9.62 Å². The van der Waals surface area contributed by atoms with Crippen molar-refractivity contribution in [2.45, 2.75) is 18.3 Å². The Morgan fingerprint density at radius 2 is 2.00 bits per heavy atom. The number of nitrogens with zero attached hydrogens (tertiary/aromatic N) is 6. The Morgan fingerprint density at radius 3 is 2.60 bits per heavy atom.